The molecule has 0 spiro atoms. The van der Waals surface area contributed by atoms with Crippen molar-refractivity contribution in [1.29, 1.82) is 0 Å². The quantitative estimate of drug-likeness (QED) is 0.169. The van der Waals surface area contributed by atoms with Crippen molar-refractivity contribution < 1.29 is 37.9 Å². The van der Waals surface area contributed by atoms with E-state index in [4.69, 9.17) is 14.9 Å². The molecule has 49 heavy (non-hydrogen) atoms. The zero-order valence-electron chi connectivity index (χ0n) is 29.6. The van der Waals surface area contributed by atoms with Gasteiger partial charge in [-0.15, -0.1) is 0 Å². The Bertz CT molecular complexity index is 1330. The summed E-state index contributed by atoms with van der Waals surface area (Å²) in [5.74, 6) is -2.79. The molecule has 5 N–H and O–H groups in total. The van der Waals surface area contributed by atoms with Gasteiger partial charge in [-0.2, -0.15) is 0 Å². The van der Waals surface area contributed by atoms with Crippen LogP contribution in [0.5, 0.6) is 0 Å². The molecule has 5 atom stereocenters. The number of ketones is 1. The molecular weight excluding hydrogens is 630 g/mol. The molecule has 4 rings (SSSR count). The molecule has 3 fully saturated rings. The fourth-order valence-electron chi connectivity index (χ4n) is 7.17. The summed E-state index contributed by atoms with van der Waals surface area (Å²) in [5.41, 5.74) is 4.62. The van der Waals surface area contributed by atoms with E-state index in [0.29, 0.717) is 25.1 Å². The lowest BCUT2D eigenvalue weighted by atomic mass is 9.80. The van der Waals surface area contributed by atoms with Crippen LogP contribution in [-0.2, 0) is 35.3 Å². The minimum atomic E-state index is -1.10. The molecule has 3 aliphatic rings. The molecule has 272 valence electrons. The number of hydrogen-bond acceptors (Lipinski definition) is 8. The molecule has 2 saturated carbocycles. The van der Waals surface area contributed by atoms with Gasteiger partial charge in [0.1, 0.15) is 30.5 Å². The maximum atomic E-state index is 14.5. The number of Topliss-reactive ketones (excluding diaryl/α,β-unsaturated/α-hetero) is 1. The van der Waals surface area contributed by atoms with Gasteiger partial charge >= 0.3 is 12.0 Å². The predicted molar refractivity (Wildman–Crippen MR) is 180 cm³/mol. The second-order valence-electron chi connectivity index (χ2n) is 15.5. The van der Waals surface area contributed by atoms with Crippen LogP contribution in [0.1, 0.15) is 105 Å². The summed E-state index contributed by atoms with van der Waals surface area (Å²) in [6, 6.07) is -1.24. The lowest BCUT2D eigenvalue weighted by molar-refractivity contribution is -0.150. The molecule has 0 bridgehead atoms. The van der Waals surface area contributed by atoms with Crippen LogP contribution in [0.4, 0.5) is 4.79 Å². The molecule has 2 heterocycles. The summed E-state index contributed by atoms with van der Waals surface area (Å²) >= 11 is 0. The number of nitrogens with two attached hydrogens (primary N) is 1. The van der Waals surface area contributed by atoms with Gasteiger partial charge in [0.15, 0.2) is 0 Å². The number of likely N-dealkylation sites (tertiary alicyclic amines) is 1. The lowest BCUT2D eigenvalue weighted by Crippen LogP contribution is -2.60. The molecule has 0 radical (unpaired) electrons. The van der Waals surface area contributed by atoms with Crippen molar-refractivity contribution in [1.82, 2.24) is 20.9 Å². The smallest absolute Gasteiger partial charge is 0.329 e. The normalized spacial score (nSPS) is 22.0. The van der Waals surface area contributed by atoms with Gasteiger partial charge in [0, 0.05) is 6.54 Å². The number of furan rings is 1. The summed E-state index contributed by atoms with van der Waals surface area (Å²) in [6.45, 7) is 9.69. The van der Waals surface area contributed by atoms with Crippen LogP contribution in [0.3, 0.4) is 0 Å². The number of amides is 5. The van der Waals surface area contributed by atoms with E-state index in [1.165, 1.54) is 11.2 Å². The van der Waals surface area contributed by atoms with E-state index in [0.717, 1.165) is 51.4 Å². The zero-order chi connectivity index (χ0) is 35.9. The predicted octanol–water partition coefficient (Wildman–Crippen LogP) is 3.59. The summed E-state index contributed by atoms with van der Waals surface area (Å²) in [7, 11) is 0. The largest absolute Gasteiger partial charge is 0.466 e. The van der Waals surface area contributed by atoms with E-state index < -0.39 is 59.2 Å². The molecule has 13 nitrogen and oxygen atoms in total. The Morgan fingerprint density at radius 2 is 1.65 bits per heavy atom. The topological polar surface area (TPSA) is 190 Å². The number of carbonyl (C=O) groups is 6. The molecular formula is C36H55N5O8. The average molecular weight is 686 g/mol. The lowest BCUT2D eigenvalue weighted by Gasteiger charge is -2.36. The van der Waals surface area contributed by atoms with Gasteiger partial charge in [-0.3, -0.25) is 19.2 Å². The zero-order valence-corrected chi connectivity index (χ0v) is 29.6. The van der Waals surface area contributed by atoms with Gasteiger partial charge in [-0.05, 0) is 66.9 Å². The highest BCUT2D eigenvalue weighted by atomic mass is 16.5. The van der Waals surface area contributed by atoms with Gasteiger partial charge in [0.05, 0.1) is 12.3 Å². The summed E-state index contributed by atoms with van der Waals surface area (Å²) in [5, 5.41) is 8.43. The number of rotatable bonds is 14. The Balaban J connectivity index is 1.53. The molecule has 1 saturated heterocycles. The highest BCUT2D eigenvalue weighted by Gasteiger charge is 2.46. The molecule has 1 aliphatic heterocycles. The number of esters is 1. The first-order valence-electron chi connectivity index (χ1n) is 17.9. The Labute approximate surface area is 289 Å². The fraction of sp³-hybridized carbons (Fsp3) is 0.722. The minimum Gasteiger partial charge on any atom is -0.466 e. The van der Waals surface area contributed by atoms with Crippen LogP contribution in [0.2, 0.25) is 0 Å². The standard InChI is InChI=1S/C36H55N5O8/c1-21(2)24-18-27(32(44)38-26(29(42)31(37)43)17-22-11-9-12-22)41(19-24)33(45)28(23-13-7-6-8-14-23)39-35(47)40-30(36(3,4)5)34(46)49-20-25-15-10-16-48-25/h10,15-16,21-24,26-28,30H,6-9,11-14,17-20H2,1-5H3,(H2,37,43)(H,38,44)(H2,39,40,47)/t24-,26?,27+,28+,30-/m1/s1. The first-order chi connectivity index (χ1) is 23.1. The number of primary amides is 1. The van der Waals surface area contributed by atoms with Crippen LogP contribution in [-0.4, -0.2) is 71.1 Å². The first-order valence-corrected chi connectivity index (χ1v) is 17.9. The van der Waals surface area contributed by atoms with E-state index in [1.807, 2.05) is 13.8 Å². The van der Waals surface area contributed by atoms with Gasteiger partial charge in [-0.1, -0.05) is 73.1 Å². The van der Waals surface area contributed by atoms with E-state index in [1.54, 1.807) is 32.9 Å². The monoisotopic (exact) mass is 685 g/mol. The highest BCUT2D eigenvalue weighted by Crippen LogP contribution is 2.34. The van der Waals surface area contributed by atoms with E-state index in [-0.39, 0.29) is 36.2 Å². The number of carbonyl (C=O) groups excluding carboxylic acids is 6. The van der Waals surface area contributed by atoms with E-state index in [9.17, 15) is 28.8 Å². The number of hydrogen-bond donors (Lipinski definition) is 4. The Morgan fingerprint density at radius 3 is 2.20 bits per heavy atom. The molecule has 0 aromatic carbocycles. The maximum Gasteiger partial charge on any atom is 0.329 e. The summed E-state index contributed by atoms with van der Waals surface area (Å²) in [6.07, 6.45) is 9.31. The summed E-state index contributed by atoms with van der Waals surface area (Å²) < 4.78 is 10.7. The number of nitrogens with zero attached hydrogens (tertiary/aromatic N) is 1. The van der Waals surface area contributed by atoms with Crippen molar-refractivity contribution in [2.24, 2.45) is 34.8 Å². The average Bonchev–Trinajstić information content (AvgIpc) is 3.72. The van der Waals surface area contributed by atoms with Gasteiger partial charge in [-0.25, -0.2) is 9.59 Å². The van der Waals surface area contributed by atoms with Gasteiger partial charge in [0.2, 0.25) is 17.6 Å². The molecule has 1 unspecified atom stereocenters. The minimum absolute atomic E-state index is 0.00617. The maximum absolute atomic E-state index is 14.5. The molecule has 1 aromatic heterocycles. The number of urea groups is 1. The SMILES string of the molecule is CC(C)[C@@H]1C[C@@H](C(=O)NC(CC2CCC2)C(=O)C(N)=O)N(C(=O)[C@@H](NC(=O)N[C@H](C(=O)OCc2ccco2)C(C)(C)C)C2CCCCC2)C1. The van der Waals surface area contributed by atoms with Crippen LogP contribution in [0.25, 0.3) is 0 Å². The second kappa shape index (κ2) is 16.7. The molecule has 13 heteroatoms. The number of nitrogens with one attached hydrogen (secondary N) is 3. The van der Waals surface area contributed by atoms with Crippen molar-refractivity contribution in [3.8, 4) is 0 Å². The van der Waals surface area contributed by atoms with Crippen molar-refractivity contribution in [3.05, 3.63) is 24.2 Å². The van der Waals surface area contributed by atoms with Gasteiger partial charge < -0.3 is 35.7 Å². The third-order valence-corrected chi connectivity index (χ3v) is 10.5. The molecule has 5 amide bonds. The Hall–Kier alpha value is -3.90. The molecule has 1 aromatic rings. The van der Waals surface area contributed by atoms with Crippen LogP contribution in [0.15, 0.2) is 22.8 Å². The van der Waals surface area contributed by atoms with Gasteiger partial charge in [0.25, 0.3) is 5.91 Å². The van der Waals surface area contributed by atoms with Crippen molar-refractivity contribution >= 4 is 35.5 Å². The fourth-order valence-corrected chi connectivity index (χ4v) is 7.17. The van der Waals surface area contributed by atoms with Crippen LogP contribution < -0.4 is 21.7 Å². The summed E-state index contributed by atoms with van der Waals surface area (Å²) in [4.78, 5) is 81.4. The van der Waals surface area contributed by atoms with Crippen LogP contribution >= 0.6 is 0 Å². The van der Waals surface area contributed by atoms with Crippen molar-refractivity contribution in [3.63, 3.8) is 0 Å². The van der Waals surface area contributed by atoms with Crippen molar-refractivity contribution in [2.75, 3.05) is 6.54 Å². The first kappa shape index (κ1) is 37.9. The number of ether oxygens (including phenoxy) is 1. The third-order valence-electron chi connectivity index (χ3n) is 10.5. The van der Waals surface area contributed by atoms with E-state index in [2.05, 4.69) is 16.0 Å². The van der Waals surface area contributed by atoms with Crippen LogP contribution in [0, 0.1) is 29.1 Å². The highest BCUT2D eigenvalue weighted by molar-refractivity contribution is 6.37. The van der Waals surface area contributed by atoms with E-state index >= 15 is 0 Å². The molecule has 2 aliphatic carbocycles. The third kappa shape index (κ3) is 10.1. The second-order valence-corrected chi connectivity index (χ2v) is 15.5. The Kier molecular flexibility index (Phi) is 12.9. The van der Waals surface area contributed by atoms with Crippen molar-refractivity contribution in [2.45, 2.75) is 130 Å². The Morgan fingerprint density at radius 1 is 0.959 bits per heavy atom.